The van der Waals surface area contributed by atoms with Gasteiger partial charge in [0.25, 0.3) is 0 Å². The largest absolute Gasteiger partial charge is 0.486 e. The second-order valence-corrected chi connectivity index (χ2v) is 6.45. The molecule has 3 aliphatic rings. The molecule has 3 atom stereocenters. The molecule has 0 bridgehead atoms. The van der Waals surface area contributed by atoms with Gasteiger partial charge in [0.1, 0.15) is 13.2 Å². The van der Waals surface area contributed by atoms with Gasteiger partial charge in [0.2, 0.25) is 5.91 Å². The number of fused-ring (bicyclic) bond motifs is 1. The van der Waals surface area contributed by atoms with Crippen molar-refractivity contribution >= 4 is 18.3 Å². The highest BCUT2D eigenvalue weighted by atomic mass is 35.5. The summed E-state index contributed by atoms with van der Waals surface area (Å²) >= 11 is 0. The molecule has 2 aliphatic heterocycles. The molecule has 23 heavy (non-hydrogen) atoms. The van der Waals surface area contributed by atoms with Crippen LogP contribution in [0.5, 0.6) is 11.5 Å². The van der Waals surface area contributed by atoms with Gasteiger partial charge in [-0.3, -0.25) is 4.79 Å². The second kappa shape index (κ2) is 6.57. The Kier molecular flexibility index (Phi) is 4.69. The fourth-order valence-corrected chi connectivity index (χ4v) is 3.54. The number of nitrogens with zero attached hydrogens (tertiary/aromatic N) is 1. The lowest BCUT2D eigenvalue weighted by Gasteiger charge is -2.24. The van der Waals surface area contributed by atoms with Crippen LogP contribution in [0.15, 0.2) is 18.2 Å². The molecule has 1 N–H and O–H groups in total. The van der Waals surface area contributed by atoms with Crippen molar-refractivity contribution in [2.45, 2.75) is 24.8 Å². The van der Waals surface area contributed by atoms with Crippen LogP contribution in [0.2, 0.25) is 0 Å². The van der Waals surface area contributed by atoms with E-state index in [9.17, 15) is 4.79 Å². The molecule has 3 unspecified atom stereocenters. The van der Waals surface area contributed by atoms with Crippen LogP contribution in [-0.2, 0) is 4.79 Å². The van der Waals surface area contributed by atoms with Gasteiger partial charge >= 0.3 is 0 Å². The summed E-state index contributed by atoms with van der Waals surface area (Å²) in [7, 11) is 1.94. The van der Waals surface area contributed by atoms with Crippen LogP contribution in [-0.4, -0.2) is 50.2 Å². The maximum absolute atomic E-state index is 12.6. The Bertz CT molecular complexity index is 589. The van der Waals surface area contributed by atoms with Crippen molar-refractivity contribution in [3.63, 3.8) is 0 Å². The number of nitrogens with one attached hydrogen (secondary N) is 1. The normalized spacial score (nSPS) is 28.0. The monoisotopic (exact) mass is 338 g/mol. The summed E-state index contributed by atoms with van der Waals surface area (Å²) in [5.74, 6) is 2.38. The Hall–Kier alpha value is -1.46. The average molecular weight is 339 g/mol. The third-order valence-corrected chi connectivity index (χ3v) is 5.03. The van der Waals surface area contributed by atoms with Gasteiger partial charge in [0.15, 0.2) is 11.5 Å². The van der Waals surface area contributed by atoms with Gasteiger partial charge in [-0.15, -0.1) is 12.4 Å². The van der Waals surface area contributed by atoms with Crippen molar-refractivity contribution in [3.8, 4) is 11.5 Å². The first kappa shape index (κ1) is 16.4. The SMILES string of the molecule is CN(C(=O)C1CC1c1ccc2c(c1)OCCO2)C1CCNC1.Cl. The lowest BCUT2D eigenvalue weighted by atomic mass is 10.1. The molecule has 1 saturated carbocycles. The molecular formula is C17H23ClN2O3. The summed E-state index contributed by atoms with van der Waals surface area (Å²) < 4.78 is 11.2. The molecule has 2 heterocycles. The van der Waals surface area contributed by atoms with E-state index in [-0.39, 0.29) is 24.2 Å². The fraction of sp³-hybridized carbons (Fsp3) is 0.588. The highest BCUT2D eigenvalue weighted by Gasteiger charge is 2.46. The Morgan fingerprint density at radius 1 is 1.26 bits per heavy atom. The van der Waals surface area contributed by atoms with E-state index in [0.29, 0.717) is 25.2 Å². The molecule has 0 radical (unpaired) electrons. The molecule has 4 rings (SSSR count). The second-order valence-electron chi connectivity index (χ2n) is 6.45. The van der Waals surface area contributed by atoms with Crippen LogP contribution in [0.1, 0.15) is 24.3 Å². The van der Waals surface area contributed by atoms with E-state index >= 15 is 0 Å². The Morgan fingerprint density at radius 2 is 2.04 bits per heavy atom. The first-order chi connectivity index (χ1) is 10.7. The van der Waals surface area contributed by atoms with Crippen molar-refractivity contribution in [3.05, 3.63) is 23.8 Å². The molecule has 1 aromatic rings. The molecule has 2 fully saturated rings. The van der Waals surface area contributed by atoms with Gasteiger partial charge in [-0.05, 0) is 43.0 Å². The lowest BCUT2D eigenvalue weighted by molar-refractivity contribution is -0.133. The number of ether oxygens (including phenoxy) is 2. The standard InChI is InChI=1S/C17H22N2O3.ClH/c1-19(12-4-5-18-10-12)17(20)14-9-13(14)11-2-3-15-16(8-11)22-7-6-21-15;/h2-3,8,12-14,18H,4-7,9-10H2,1H3;1H. The highest BCUT2D eigenvalue weighted by molar-refractivity contribution is 5.85. The van der Waals surface area contributed by atoms with E-state index in [4.69, 9.17) is 9.47 Å². The van der Waals surface area contributed by atoms with Crippen LogP contribution < -0.4 is 14.8 Å². The summed E-state index contributed by atoms with van der Waals surface area (Å²) in [6, 6.07) is 6.44. The smallest absolute Gasteiger partial charge is 0.226 e. The third kappa shape index (κ3) is 3.12. The van der Waals surface area contributed by atoms with E-state index in [0.717, 1.165) is 37.4 Å². The van der Waals surface area contributed by atoms with E-state index in [1.807, 2.05) is 24.1 Å². The van der Waals surface area contributed by atoms with E-state index in [2.05, 4.69) is 11.4 Å². The van der Waals surface area contributed by atoms with Crippen LogP contribution in [0, 0.1) is 5.92 Å². The Labute approximate surface area is 142 Å². The zero-order chi connectivity index (χ0) is 15.1. The molecule has 5 nitrogen and oxygen atoms in total. The van der Waals surface area contributed by atoms with Crippen LogP contribution in [0.25, 0.3) is 0 Å². The average Bonchev–Trinajstić information content (AvgIpc) is 3.17. The lowest BCUT2D eigenvalue weighted by Crippen LogP contribution is -2.39. The van der Waals surface area contributed by atoms with Crippen molar-refractivity contribution in [1.82, 2.24) is 10.2 Å². The van der Waals surface area contributed by atoms with E-state index in [1.54, 1.807) is 0 Å². The summed E-state index contributed by atoms with van der Waals surface area (Å²) in [4.78, 5) is 14.6. The molecule has 1 saturated heterocycles. The predicted molar refractivity (Wildman–Crippen MR) is 89.6 cm³/mol. The van der Waals surface area contributed by atoms with Crippen molar-refractivity contribution in [2.24, 2.45) is 5.92 Å². The summed E-state index contributed by atoms with van der Waals surface area (Å²) in [5, 5.41) is 3.32. The van der Waals surface area contributed by atoms with Crippen molar-refractivity contribution in [2.75, 3.05) is 33.4 Å². The summed E-state index contributed by atoms with van der Waals surface area (Å²) in [5.41, 5.74) is 1.19. The van der Waals surface area contributed by atoms with Gasteiger partial charge in [-0.2, -0.15) is 0 Å². The number of carbonyl (C=O) groups excluding carboxylic acids is 1. The van der Waals surface area contributed by atoms with E-state index in [1.165, 1.54) is 5.56 Å². The minimum Gasteiger partial charge on any atom is -0.486 e. The maximum Gasteiger partial charge on any atom is 0.226 e. The number of hydrogen-bond donors (Lipinski definition) is 1. The minimum absolute atomic E-state index is 0. The number of carbonyl (C=O) groups is 1. The Morgan fingerprint density at radius 3 is 2.78 bits per heavy atom. The van der Waals surface area contributed by atoms with Gasteiger partial charge < -0.3 is 19.7 Å². The first-order valence-electron chi connectivity index (χ1n) is 8.11. The highest BCUT2D eigenvalue weighted by Crippen LogP contribution is 2.50. The molecule has 1 amide bonds. The first-order valence-corrected chi connectivity index (χ1v) is 8.11. The number of likely N-dealkylation sites (N-methyl/N-ethyl adjacent to an activating group) is 1. The topological polar surface area (TPSA) is 50.8 Å². The maximum atomic E-state index is 12.6. The van der Waals surface area contributed by atoms with Crippen LogP contribution >= 0.6 is 12.4 Å². The van der Waals surface area contributed by atoms with Gasteiger partial charge in [0, 0.05) is 25.6 Å². The number of rotatable bonds is 3. The predicted octanol–water partition coefficient (Wildman–Crippen LogP) is 1.80. The summed E-state index contributed by atoms with van der Waals surface area (Å²) in [6.07, 6.45) is 2.01. The number of benzene rings is 1. The molecule has 0 aromatic heterocycles. The minimum atomic E-state index is 0. The van der Waals surface area contributed by atoms with Crippen molar-refractivity contribution in [1.29, 1.82) is 0 Å². The van der Waals surface area contributed by atoms with Crippen LogP contribution in [0.3, 0.4) is 0 Å². The number of hydrogen-bond acceptors (Lipinski definition) is 4. The molecule has 0 spiro atoms. The fourth-order valence-electron chi connectivity index (χ4n) is 3.54. The summed E-state index contributed by atoms with van der Waals surface area (Å²) in [6.45, 7) is 3.14. The molecular weight excluding hydrogens is 316 g/mol. The number of amides is 1. The van der Waals surface area contributed by atoms with Gasteiger partial charge in [-0.25, -0.2) is 0 Å². The quantitative estimate of drug-likeness (QED) is 0.913. The molecule has 126 valence electrons. The number of halogens is 1. The van der Waals surface area contributed by atoms with Crippen molar-refractivity contribution < 1.29 is 14.3 Å². The zero-order valence-electron chi connectivity index (χ0n) is 13.3. The van der Waals surface area contributed by atoms with E-state index < -0.39 is 0 Å². The zero-order valence-corrected chi connectivity index (χ0v) is 14.1. The molecule has 1 aromatic carbocycles. The molecule has 6 heteroatoms. The van der Waals surface area contributed by atoms with Crippen LogP contribution in [0.4, 0.5) is 0 Å². The molecule has 1 aliphatic carbocycles. The van der Waals surface area contributed by atoms with Gasteiger partial charge in [-0.1, -0.05) is 6.07 Å². The van der Waals surface area contributed by atoms with Gasteiger partial charge in [0.05, 0.1) is 0 Å². The third-order valence-electron chi connectivity index (χ3n) is 5.03. The Balaban J connectivity index is 0.00000156.